The van der Waals surface area contributed by atoms with Crippen molar-refractivity contribution in [3.63, 3.8) is 0 Å². The molecular formula is C8H7IN2. The molecule has 1 aromatic rings. The highest BCUT2D eigenvalue weighted by atomic mass is 127. The SMILES string of the molecule is IN1C=NCc2ccccc21. The van der Waals surface area contributed by atoms with Crippen LogP contribution >= 0.6 is 22.9 Å². The zero-order valence-corrected chi connectivity index (χ0v) is 8.02. The van der Waals surface area contributed by atoms with E-state index in [2.05, 4.69) is 40.0 Å². The van der Waals surface area contributed by atoms with Crippen LogP contribution in [0.3, 0.4) is 0 Å². The van der Waals surface area contributed by atoms with Crippen LogP contribution in [0.1, 0.15) is 5.56 Å². The van der Waals surface area contributed by atoms with E-state index < -0.39 is 0 Å². The smallest absolute Gasteiger partial charge is 0.0989 e. The number of halogens is 1. The van der Waals surface area contributed by atoms with Crippen molar-refractivity contribution >= 4 is 34.9 Å². The molecule has 2 nitrogen and oxygen atoms in total. The van der Waals surface area contributed by atoms with Gasteiger partial charge in [-0.25, -0.2) is 0 Å². The summed E-state index contributed by atoms with van der Waals surface area (Å²) in [5, 5.41) is 0. The fraction of sp³-hybridized carbons (Fsp3) is 0.125. The minimum absolute atomic E-state index is 0.815. The van der Waals surface area contributed by atoms with Crippen LogP contribution < -0.4 is 3.11 Å². The Morgan fingerprint density at radius 3 is 3.00 bits per heavy atom. The Balaban J connectivity index is 2.50. The van der Waals surface area contributed by atoms with E-state index in [0.29, 0.717) is 0 Å². The van der Waals surface area contributed by atoms with E-state index in [-0.39, 0.29) is 0 Å². The fourth-order valence-corrected chi connectivity index (χ4v) is 1.77. The number of benzene rings is 1. The zero-order valence-electron chi connectivity index (χ0n) is 5.87. The lowest BCUT2D eigenvalue weighted by molar-refractivity contribution is 1.05. The van der Waals surface area contributed by atoms with Gasteiger partial charge in [-0.3, -0.25) is 8.11 Å². The van der Waals surface area contributed by atoms with E-state index >= 15 is 0 Å². The molecule has 3 heteroatoms. The molecule has 0 unspecified atom stereocenters. The molecule has 56 valence electrons. The van der Waals surface area contributed by atoms with E-state index in [9.17, 15) is 0 Å². The Kier molecular flexibility index (Phi) is 1.81. The molecule has 0 saturated heterocycles. The monoisotopic (exact) mass is 258 g/mol. The number of aliphatic imine (C=N–C) groups is 1. The van der Waals surface area contributed by atoms with Crippen molar-refractivity contribution in [2.45, 2.75) is 6.54 Å². The van der Waals surface area contributed by atoms with Gasteiger partial charge in [0, 0.05) is 0 Å². The van der Waals surface area contributed by atoms with Gasteiger partial charge in [0.25, 0.3) is 0 Å². The molecular weight excluding hydrogens is 251 g/mol. The summed E-state index contributed by atoms with van der Waals surface area (Å²) in [5.74, 6) is 0. The zero-order chi connectivity index (χ0) is 7.68. The maximum atomic E-state index is 4.19. The van der Waals surface area contributed by atoms with Crippen molar-refractivity contribution in [2.24, 2.45) is 4.99 Å². The molecule has 0 atom stereocenters. The van der Waals surface area contributed by atoms with E-state index in [1.165, 1.54) is 11.3 Å². The number of hydrogen-bond acceptors (Lipinski definition) is 2. The topological polar surface area (TPSA) is 15.6 Å². The maximum Gasteiger partial charge on any atom is 0.0989 e. The first-order chi connectivity index (χ1) is 5.38. The third kappa shape index (κ3) is 1.24. The molecule has 0 N–H and O–H groups in total. The van der Waals surface area contributed by atoms with E-state index in [4.69, 9.17) is 0 Å². The van der Waals surface area contributed by atoms with Gasteiger partial charge in [0.1, 0.15) is 0 Å². The summed E-state index contributed by atoms with van der Waals surface area (Å²) < 4.78 is 2.01. The summed E-state index contributed by atoms with van der Waals surface area (Å²) >= 11 is 2.23. The van der Waals surface area contributed by atoms with Gasteiger partial charge < -0.3 is 0 Å². The fourth-order valence-electron chi connectivity index (χ4n) is 1.13. The third-order valence-electron chi connectivity index (χ3n) is 1.67. The number of anilines is 1. The maximum absolute atomic E-state index is 4.19. The van der Waals surface area contributed by atoms with Gasteiger partial charge in [-0.2, -0.15) is 0 Å². The van der Waals surface area contributed by atoms with Crippen LogP contribution in [0.4, 0.5) is 5.69 Å². The van der Waals surface area contributed by atoms with Crippen LogP contribution in [0.5, 0.6) is 0 Å². The Hall–Kier alpha value is -0.580. The molecule has 0 aromatic heterocycles. The average Bonchev–Trinajstić information content (AvgIpc) is 2.06. The molecule has 0 aliphatic carbocycles. The van der Waals surface area contributed by atoms with Crippen molar-refractivity contribution in [1.29, 1.82) is 0 Å². The highest BCUT2D eigenvalue weighted by Gasteiger charge is 2.08. The Morgan fingerprint density at radius 1 is 1.36 bits per heavy atom. The first-order valence-corrected chi connectivity index (χ1v) is 4.37. The predicted octanol–water partition coefficient (Wildman–Crippen LogP) is 2.38. The molecule has 1 aromatic carbocycles. The molecule has 0 fully saturated rings. The molecule has 0 saturated carbocycles. The highest BCUT2D eigenvalue weighted by molar-refractivity contribution is 14.1. The van der Waals surface area contributed by atoms with Crippen molar-refractivity contribution in [3.8, 4) is 0 Å². The molecule has 1 aliphatic rings. The van der Waals surface area contributed by atoms with E-state index in [1.54, 1.807) is 0 Å². The summed E-state index contributed by atoms with van der Waals surface area (Å²) in [6, 6.07) is 8.30. The van der Waals surface area contributed by atoms with Crippen LogP contribution in [0, 0.1) is 0 Å². The van der Waals surface area contributed by atoms with Crippen molar-refractivity contribution in [1.82, 2.24) is 0 Å². The number of rotatable bonds is 0. The summed E-state index contributed by atoms with van der Waals surface area (Å²) in [4.78, 5) is 4.19. The summed E-state index contributed by atoms with van der Waals surface area (Å²) in [7, 11) is 0. The van der Waals surface area contributed by atoms with Gasteiger partial charge in [-0.1, -0.05) is 18.2 Å². The molecule has 11 heavy (non-hydrogen) atoms. The lowest BCUT2D eigenvalue weighted by Crippen LogP contribution is -2.12. The minimum Gasteiger partial charge on any atom is -0.273 e. The van der Waals surface area contributed by atoms with Gasteiger partial charge in [0.15, 0.2) is 0 Å². The van der Waals surface area contributed by atoms with Crippen LogP contribution in [-0.2, 0) is 6.54 Å². The van der Waals surface area contributed by atoms with Gasteiger partial charge in [-0.15, -0.1) is 0 Å². The lowest BCUT2D eigenvalue weighted by Gasteiger charge is -2.18. The average molecular weight is 258 g/mol. The highest BCUT2D eigenvalue weighted by Crippen LogP contribution is 2.25. The van der Waals surface area contributed by atoms with E-state index in [0.717, 1.165) is 6.54 Å². The quantitative estimate of drug-likeness (QED) is 0.515. The molecule has 0 spiro atoms. The number of hydrogen-bond donors (Lipinski definition) is 0. The number of para-hydroxylation sites is 1. The first kappa shape index (κ1) is 7.09. The summed E-state index contributed by atoms with van der Waals surface area (Å²) in [5.41, 5.74) is 2.55. The van der Waals surface area contributed by atoms with Crippen LogP contribution in [0.25, 0.3) is 0 Å². The third-order valence-corrected chi connectivity index (χ3v) is 2.44. The molecule has 0 amide bonds. The molecule has 0 radical (unpaired) electrons. The van der Waals surface area contributed by atoms with Gasteiger partial charge in [0.2, 0.25) is 0 Å². The lowest BCUT2D eigenvalue weighted by atomic mass is 10.1. The van der Waals surface area contributed by atoms with Crippen LogP contribution in [0.2, 0.25) is 0 Å². The van der Waals surface area contributed by atoms with Crippen molar-refractivity contribution in [3.05, 3.63) is 29.8 Å². The minimum atomic E-state index is 0.815. The summed E-state index contributed by atoms with van der Waals surface area (Å²) in [6.45, 7) is 0.815. The second kappa shape index (κ2) is 2.81. The Labute approximate surface area is 79.4 Å². The molecule has 0 bridgehead atoms. The standard InChI is InChI=1S/C8H7IN2/c9-11-6-10-5-7-3-1-2-4-8(7)11/h1-4,6H,5H2. The Morgan fingerprint density at radius 2 is 2.18 bits per heavy atom. The van der Waals surface area contributed by atoms with E-state index in [1.807, 2.05) is 21.6 Å². The Bertz CT molecular complexity index is 296. The van der Waals surface area contributed by atoms with Crippen molar-refractivity contribution in [2.75, 3.05) is 3.11 Å². The second-order valence-electron chi connectivity index (χ2n) is 2.40. The van der Waals surface area contributed by atoms with Crippen LogP contribution in [-0.4, -0.2) is 6.34 Å². The van der Waals surface area contributed by atoms with Crippen LogP contribution in [0.15, 0.2) is 29.3 Å². The molecule has 2 rings (SSSR count). The molecule has 1 heterocycles. The summed E-state index contributed by atoms with van der Waals surface area (Å²) in [6.07, 6.45) is 1.85. The predicted molar refractivity (Wildman–Crippen MR) is 55.1 cm³/mol. The molecule has 1 aliphatic heterocycles. The van der Waals surface area contributed by atoms with Gasteiger partial charge in [0.05, 0.1) is 41.4 Å². The normalized spacial score (nSPS) is 14.8. The van der Waals surface area contributed by atoms with Gasteiger partial charge >= 0.3 is 0 Å². The van der Waals surface area contributed by atoms with Crippen molar-refractivity contribution < 1.29 is 0 Å². The second-order valence-corrected chi connectivity index (χ2v) is 3.44. The number of fused-ring (bicyclic) bond motifs is 1. The van der Waals surface area contributed by atoms with Gasteiger partial charge in [-0.05, 0) is 11.6 Å². The largest absolute Gasteiger partial charge is 0.273 e. The first-order valence-electron chi connectivity index (χ1n) is 3.41. The number of nitrogens with zero attached hydrogens (tertiary/aromatic N) is 2.